The first-order valence-electron chi connectivity index (χ1n) is 7.18. The number of benzene rings is 2. The third-order valence-corrected chi connectivity index (χ3v) is 3.60. The molecule has 3 nitrogen and oxygen atoms in total. The fourth-order valence-electron chi connectivity index (χ4n) is 2.57. The lowest BCUT2D eigenvalue weighted by atomic mass is 10.2. The molecular weight excluding hydrogens is 265 g/mol. The van der Waals surface area contributed by atoms with Crippen molar-refractivity contribution in [3.8, 4) is 11.4 Å². The zero-order valence-corrected chi connectivity index (χ0v) is 12.0. The molecule has 0 fully saturated rings. The predicted molar refractivity (Wildman–Crippen MR) is 83.3 cm³/mol. The van der Waals surface area contributed by atoms with Crippen LogP contribution in [0.3, 0.4) is 0 Å². The quantitative estimate of drug-likeness (QED) is 0.793. The van der Waals surface area contributed by atoms with Gasteiger partial charge in [-0.1, -0.05) is 13.0 Å². The van der Waals surface area contributed by atoms with Crippen LogP contribution in [0.15, 0.2) is 42.5 Å². The summed E-state index contributed by atoms with van der Waals surface area (Å²) in [5.41, 5.74) is 9.71. The highest BCUT2D eigenvalue weighted by atomic mass is 19.1. The van der Waals surface area contributed by atoms with Gasteiger partial charge in [0, 0.05) is 18.7 Å². The normalized spacial score (nSPS) is 11.2. The van der Waals surface area contributed by atoms with Gasteiger partial charge in [0.1, 0.15) is 11.6 Å². The van der Waals surface area contributed by atoms with Gasteiger partial charge in [0.2, 0.25) is 0 Å². The van der Waals surface area contributed by atoms with E-state index in [9.17, 15) is 4.39 Å². The summed E-state index contributed by atoms with van der Waals surface area (Å²) >= 11 is 0. The van der Waals surface area contributed by atoms with E-state index in [0.29, 0.717) is 6.54 Å². The maximum Gasteiger partial charge on any atom is 0.141 e. The van der Waals surface area contributed by atoms with Crippen LogP contribution in [0.5, 0.6) is 0 Å². The molecule has 1 aromatic heterocycles. The first-order chi connectivity index (χ1) is 10.2. The monoisotopic (exact) mass is 283 g/mol. The molecule has 2 aromatic carbocycles. The second-order valence-electron chi connectivity index (χ2n) is 5.12. The Bertz CT molecular complexity index is 760. The van der Waals surface area contributed by atoms with E-state index in [1.54, 1.807) is 12.1 Å². The smallest absolute Gasteiger partial charge is 0.141 e. The molecule has 0 atom stereocenters. The van der Waals surface area contributed by atoms with Gasteiger partial charge in [-0.25, -0.2) is 9.37 Å². The molecule has 3 aromatic rings. The second kappa shape index (κ2) is 5.66. The number of aromatic nitrogens is 2. The van der Waals surface area contributed by atoms with E-state index in [-0.39, 0.29) is 5.82 Å². The molecule has 0 spiro atoms. The zero-order valence-electron chi connectivity index (χ0n) is 12.0. The van der Waals surface area contributed by atoms with Gasteiger partial charge in [0.05, 0.1) is 11.0 Å². The van der Waals surface area contributed by atoms with Crippen LogP contribution in [0.2, 0.25) is 0 Å². The first-order valence-corrected chi connectivity index (χ1v) is 7.18. The average Bonchev–Trinajstić information content (AvgIpc) is 2.86. The summed E-state index contributed by atoms with van der Waals surface area (Å²) in [5.74, 6) is 0.642. The molecule has 2 N–H and O–H groups in total. The molecule has 0 aliphatic carbocycles. The van der Waals surface area contributed by atoms with Crippen molar-refractivity contribution in [2.45, 2.75) is 26.4 Å². The molecule has 0 radical (unpaired) electrons. The lowest BCUT2D eigenvalue weighted by molar-refractivity contribution is 0.628. The number of nitrogens with two attached hydrogens (primary N) is 1. The Morgan fingerprint density at radius 1 is 1.14 bits per heavy atom. The van der Waals surface area contributed by atoms with Crippen molar-refractivity contribution in [2.24, 2.45) is 5.73 Å². The number of hydrogen-bond donors (Lipinski definition) is 1. The summed E-state index contributed by atoms with van der Waals surface area (Å²) in [6.45, 7) is 3.52. The molecule has 0 unspecified atom stereocenters. The predicted octanol–water partition coefficient (Wildman–Crippen LogP) is 3.71. The van der Waals surface area contributed by atoms with Crippen molar-refractivity contribution in [2.75, 3.05) is 0 Å². The maximum absolute atomic E-state index is 13.1. The van der Waals surface area contributed by atoms with E-state index in [4.69, 9.17) is 10.7 Å². The van der Waals surface area contributed by atoms with Gasteiger partial charge in [-0.2, -0.15) is 0 Å². The van der Waals surface area contributed by atoms with E-state index in [1.165, 1.54) is 12.1 Å². The van der Waals surface area contributed by atoms with E-state index >= 15 is 0 Å². The zero-order chi connectivity index (χ0) is 14.8. The molecule has 108 valence electrons. The van der Waals surface area contributed by atoms with Gasteiger partial charge in [-0.15, -0.1) is 0 Å². The number of fused-ring (bicyclic) bond motifs is 1. The molecular formula is C17H18FN3. The fourth-order valence-corrected chi connectivity index (χ4v) is 2.57. The second-order valence-corrected chi connectivity index (χ2v) is 5.12. The molecule has 0 saturated heterocycles. The summed E-state index contributed by atoms with van der Waals surface area (Å²) < 4.78 is 15.3. The van der Waals surface area contributed by atoms with Gasteiger partial charge in [-0.05, 0) is 48.4 Å². The first kappa shape index (κ1) is 13.8. The lowest BCUT2D eigenvalue weighted by Crippen LogP contribution is -2.00. The standard InChI is InChI=1S/C17H18FN3/c1-2-9-21-16-8-3-12(11-19)10-15(16)20-17(21)13-4-6-14(18)7-5-13/h3-8,10H,2,9,11,19H2,1H3. The molecule has 0 aliphatic rings. The Morgan fingerprint density at radius 3 is 2.57 bits per heavy atom. The van der Waals surface area contributed by atoms with Crippen molar-refractivity contribution in [1.82, 2.24) is 9.55 Å². The largest absolute Gasteiger partial charge is 0.326 e. The van der Waals surface area contributed by atoms with Crippen LogP contribution in [0.4, 0.5) is 4.39 Å². The van der Waals surface area contributed by atoms with E-state index in [0.717, 1.165) is 41.0 Å². The summed E-state index contributed by atoms with van der Waals surface area (Å²) in [7, 11) is 0. The van der Waals surface area contributed by atoms with Crippen LogP contribution in [-0.4, -0.2) is 9.55 Å². The molecule has 21 heavy (non-hydrogen) atoms. The fraction of sp³-hybridized carbons (Fsp3) is 0.235. The van der Waals surface area contributed by atoms with Crippen LogP contribution in [0, 0.1) is 5.82 Å². The molecule has 3 rings (SSSR count). The highest BCUT2D eigenvalue weighted by molar-refractivity contribution is 5.81. The summed E-state index contributed by atoms with van der Waals surface area (Å²) in [6, 6.07) is 12.6. The summed E-state index contributed by atoms with van der Waals surface area (Å²) in [6.07, 6.45) is 1.01. The van der Waals surface area contributed by atoms with Gasteiger partial charge < -0.3 is 10.3 Å². The van der Waals surface area contributed by atoms with Crippen molar-refractivity contribution < 1.29 is 4.39 Å². The number of rotatable bonds is 4. The Labute approximate surface area is 123 Å². The number of imidazole rings is 1. The van der Waals surface area contributed by atoms with Gasteiger partial charge >= 0.3 is 0 Å². The number of aryl methyl sites for hydroxylation is 1. The molecule has 0 bridgehead atoms. The van der Waals surface area contributed by atoms with Crippen LogP contribution in [0.25, 0.3) is 22.4 Å². The lowest BCUT2D eigenvalue weighted by Gasteiger charge is -2.08. The van der Waals surface area contributed by atoms with Crippen LogP contribution >= 0.6 is 0 Å². The topological polar surface area (TPSA) is 43.8 Å². The summed E-state index contributed by atoms with van der Waals surface area (Å²) in [5, 5.41) is 0. The SMILES string of the molecule is CCCn1c(-c2ccc(F)cc2)nc2cc(CN)ccc21. The van der Waals surface area contributed by atoms with Gasteiger partial charge in [0.15, 0.2) is 0 Å². The van der Waals surface area contributed by atoms with E-state index in [1.807, 2.05) is 12.1 Å². The number of nitrogens with zero attached hydrogens (tertiary/aromatic N) is 2. The third-order valence-electron chi connectivity index (χ3n) is 3.60. The van der Waals surface area contributed by atoms with Gasteiger partial charge in [0.25, 0.3) is 0 Å². The summed E-state index contributed by atoms with van der Waals surface area (Å²) in [4.78, 5) is 4.72. The molecule has 0 aliphatic heterocycles. The Hall–Kier alpha value is -2.20. The Morgan fingerprint density at radius 2 is 1.90 bits per heavy atom. The van der Waals surface area contributed by atoms with E-state index in [2.05, 4.69) is 17.6 Å². The highest BCUT2D eigenvalue weighted by Crippen LogP contribution is 2.26. The molecule has 1 heterocycles. The minimum Gasteiger partial charge on any atom is -0.326 e. The minimum absolute atomic E-state index is 0.234. The van der Waals surface area contributed by atoms with Crippen LogP contribution < -0.4 is 5.73 Å². The van der Waals surface area contributed by atoms with Crippen molar-refractivity contribution >= 4 is 11.0 Å². The molecule has 0 amide bonds. The Balaban J connectivity index is 2.20. The maximum atomic E-state index is 13.1. The van der Waals surface area contributed by atoms with Gasteiger partial charge in [-0.3, -0.25) is 0 Å². The molecule has 0 saturated carbocycles. The molecule has 4 heteroatoms. The number of halogens is 1. The van der Waals surface area contributed by atoms with Crippen LogP contribution in [0.1, 0.15) is 18.9 Å². The number of hydrogen-bond acceptors (Lipinski definition) is 2. The Kier molecular flexibility index (Phi) is 3.71. The van der Waals surface area contributed by atoms with E-state index < -0.39 is 0 Å². The highest BCUT2D eigenvalue weighted by Gasteiger charge is 2.12. The minimum atomic E-state index is -0.234. The van der Waals surface area contributed by atoms with Crippen molar-refractivity contribution in [3.63, 3.8) is 0 Å². The average molecular weight is 283 g/mol. The third kappa shape index (κ3) is 2.54. The van der Waals surface area contributed by atoms with Crippen LogP contribution in [-0.2, 0) is 13.1 Å². The van der Waals surface area contributed by atoms with Crippen molar-refractivity contribution in [1.29, 1.82) is 0 Å². The van der Waals surface area contributed by atoms with Crippen molar-refractivity contribution in [3.05, 3.63) is 53.8 Å².